The van der Waals surface area contributed by atoms with Gasteiger partial charge in [0, 0.05) is 12.2 Å². The minimum absolute atomic E-state index is 0.398. The standard InChI is InChI=1S/C8H9F3O4/c1-7(2,8(9,10)11)15-6(14)4-3-5(12)13/h3-4H,1-2H3,(H,12,13)/b4-3+. The largest absolute Gasteiger partial charge is 0.478 e. The molecule has 0 aromatic carbocycles. The third-order valence-corrected chi connectivity index (χ3v) is 1.40. The first-order valence-electron chi connectivity index (χ1n) is 3.77. The summed E-state index contributed by atoms with van der Waals surface area (Å²) < 4.78 is 40.6. The summed E-state index contributed by atoms with van der Waals surface area (Å²) in [5.74, 6) is -2.81. The van der Waals surface area contributed by atoms with E-state index in [-0.39, 0.29) is 0 Å². The number of aliphatic carboxylic acids is 1. The van der Waals surface area contributed by atoms with Crippen molar-refractivity contribution >= 4 is 11.9 Å². The van der Waals surface area contributed by atoms with Crippen molar-refractivity contribution in [2.45, 2.75) is 25.6 Å². The van der Waals surface area contributed by atoms with Crippen molar-refractivity contribution in [1.82, 2.24) is 0 Å². The van der Waals surface area contributed by atoms with Crippen LogP contribution in [0.1, 0.15) is 13.8 Å². The Morgan fingerprint density at radius 1 is 1.20 bits per heavy atom. The number of esters is 1. The number of alkyl halides is 3. The molecule has 0 aromatic rings. The van der Waals surface area contributed by atoms with Crippen LogP contribution in [0.5, 0.6) is 0 Å². The van der Waals surface area contributed by atoms with Crippen LogP contribution in [-0.4, -0.2) is 28.8 Å². The number of hydrogen-bond donors (Lipinski definition) is 1. The fourth-order valence-electron chi connectivity index (χ4n) is 0.483. The van der Waals surface area contributed by atoms with Crippen molar-refractivity contribution in [2.24, 2.45) is 0 Å². The molecule has 0 saturated carbocycles. The summed E-state index contributed by atoms with van der Waals surface area (Å²) in [5.41, 5.74) is -2.65. The van der Waals surface area contributed by atoms with Gasteiger partial charge in [-0.3, -0.25) is 0 Å². The Morgan fingerprint density at radius 2 is 1.67 bits per heavy atom. The van der Waals surface area contributed by atoms with Gasteiger partial charge in [-0.2, -0.15) is 13.2 Å². The van der Waals surface area contributed by atoms with Gasteiger partial charge >= 0.3 is 18.1 Å². The Balaban J connectivity index is 4.49. The zero-order valence-electron chi connectivity index (χ0n) is 7.96. The minimum Gasteiger partial charge on any atom is -0.478 e. The highest BCUT2D eigenvalue weighted by molar-refractivity contribution is 5.90. The number of carboxylic acids is 1. The molecule has 0 rings (SSSR count). The number of hydrogen-bond acceptors (Lipinski definition) is 3. The van der Waals surface area contributed by atoms with Crippen LogP contribution >= 0.6 is 0 Å². The van der Waals surface area contributed by atoms with Crippen LogP contribution in [0.2, 0.25) is 0 Å². The van der Waals surface area contributed by atoms with Gasteiger partial charge in [0.2, 0.25) is 5.60 Å². The second-order valence-corrected chi connectivity index (χ2v) is 3.10. The molecule has 0 spiro atoms. The molecule has 0 atom stereocenters. The zero-order chi connectivity index (χ0) is 12.3. The number of rotatable bonds is 3. The number of carbonyl (C=O) groups is 2. The first-order chi connectivity index (χ1) is 6.56. The average Bonchev–Trinajstić information content (AvgIpc) is 1.97. The monoisotopic (exact) mass is 226 g/mol. The van der Waals surface area contributed by atoms with Crippen LogP contribution in [0.25, 0.3) is 0 Å². The molecule has 7 heteroatoms. The molecule has 4 nitrogen and oxygen atoms in total. The van der Waals surface area contributed by atoms with Crippen LogP contribution in [0.3, 0.4) is 0 Å². The molecule has 1 N–H and O–H groups in total. The minimum atomic E-state index is -4.71. The van der Waals surface area contributed by atoms with E-state index in [2.05, 4.69) is 4.74 Å². The smallest absolute Gasteiger partial charge is 0.427 e. The highest BCUT2D eigenvalue weighted by Gasteiger charge is 2.50. The highest BCUT2D eigenvalue weighted by Crippen LogP contribution is 2.32. The molecule has 15 heavy (non-hydrogen) atoms. The maximum Gasteiger partial charge on any atom is 0.427 e. The summed E-state index contributed by atoms with van der Waals surface area (Å²) >= 11 is 0. The lowest BCUT2D eigenvalue weighted by Gasteiger charge is -2.26. The van der Waals surface area contributed by atoms with Gasteiger partial charge in [-0.1, -0.05) is 0 Å². The molecule has 86 valence electrons. The van der Waals surface area contributed by atoms with Crippen molar-refractivity contribution < 1.29 is 32.6 Å². The van der Waals surface area contributed by atoms with Crippen molar-refractivity contribution in [1.29, 1.82) is 0 Å². The van der Waals surface area contributed by atoms with Crippen molar-refractivity contribution in [3.8, 4) is 0 Å². The van der Waals surface area contributed by atoms with Crippen molar-refractivity contribution in [3.63, 3.8) is 0 Å². The second-order valence-electron chi connectivity index (χ2n) is 3.10. The molecule has 0 aromatic heterocycles. The molecule has 0 radical (unpaired) electrons. The molecule has 0 amide bonds. The maximum atomic E-state index is 12.2. The molecule has 0 saturated heterocycles. The fraction of sp³-hybridized carbons (Fsp3) is 0.500. The first-order valence-corrected chi connectivity index (χ1v) is 3.77. The number of halogens is 3. The first kappa shape index (κ1) is 13.5. The third-order valence-electron chi connectivity index (χ3n) is 1.40. The van der Waals surface area contributed by atoms with Crippen LogP contribution in [-0.2, 0) is 14.3 Å². The van der Waals surface area contributed by atoms with Gasteiger partial charge in [-0.05, 0) is 13.8 Å². The molecular weight excluding hydrogens is 217 g/mol. The molecule has 0 aliphatic rings. The average molecular weight is 226 g/mol. The summed E-state index contributed by atoms with van der Waals surface area (Å²) in [6.45, 7) is 1.33. The Hall–Kier alpha value is -1.53. The fourth-order valence-corrected chi connectivity index (χ4v) is 0.483. The van der Waals surface area contributed by atoms with Gasteiger partial charge in [0.25, 0.3) is 0 Å². The Morgan fingerprint density at radius 3 is 2.00 bits per heavy atom. The van der Waals surface area contributed by atoms with E-state index in [0.717, 1.165) is 0 Å². The van der Waals surface area contributed by atoms with Gasteiger partial charge in [-0.15, -0.1) is 0 Å². The SMILES string of the molecule is CC(C)(OC(=O)/C=C/C(=O)O)C(F)(F)F. The van der Waals surface area contributed by atoms with Gasteiger partial charge in [-0.25, -0.2) is 9.59 Å². The second kappa shape index (κ2) is 4.33. The Bertz CT molecular complexity index is 291. The van der Waals surface area contributed by atoms with E-state index < -0.39 is 23.7 Å². The molecule has 0 heterocycles. The summed E-state index contributed by atoms with van der Waals surface area (Å²) in [4.78, 5) is 20.7. The van der Waals surface area contributed by atoms with E-state index in [0.29, 0.717) is 26.0 Å². The van der Waals surface area contributed by atoms with E-state index in [1.807, 2.05) is 0 Å². The van der Waals surface area contributed by atoms with Crippen LogP contribution in [0.15, 0.2) is 12.2 Å². The van der Waals surface area contributed by atoms with Crippen LogP contribution in [0, 0.1) is 0 Å². The zero-order valence-corrected chi connectivity index (χ0v) is 7.96. The van der Waals surface area contributed by atoms with E-state index in [1.54, 1.807) is 0 Å². The van der Waals surface area contributed by atoms with E-state index in [9.17, 15) is 22.8 Å². The van der Waals surface area contributed by atoms with Crippen LogP contribution < -0.4 is 0 Å². The van der Waals surface area contributed by atoms with E-state index in [1.165, 1.54) is 0 Å². The summed E-state index contributed by atoms with van der Waals surface area (Å²) in [7, 11) is 0. The Labute approximate surface area is 83.3 Å². The molecule has 0 aliphatic carbocycles. The molecular formula is C8H9F3O4. The number of carboxylic acid groups (broad SMARTS) is 1. The topological polar surface area (TPSA) is 63.6 Å². The lowest BCUT2D eigenvalue weighted by Crippen LogP contribution is -2.43. The predicted octanol–water partition coefficient (Wildman–Crippen LogP) is 1.51. The molecule has 0 unspecified atom stereocenters. The van der Waals surface area contributed by atoms with Gasteiger partial charge < -0.3 is 9.84 Å². The third kappa shape index (κ3) is 4.48. The van der Waals surface area contributed by atoms with Gasteiger partial charge in [0.05, 0.1) is 0 Å². The summed E-state index contributed by atoms with van der Waals surface area (Å²) in [6.07, 6.45) is -3.90. The predicted molar refractivity (Wildman–Crippen MR) is 43.0 cm³/mol. The van der Waals surface area contributed by atoms with Crippen LogP contribution in [0.4, 0.5) is 13.2 Å². The lowest BCUT2D eigenvalue weighted by molar-refractivity contribution is -0.255. The summed E-state index contributed by atoms with van der Waals surface area (Å²) in [5, 5.41) is 8.10. The summed E-state index contributed by atoms with van der Waals surface area (Å²) in [6, 6.07) is 0. The molecule has 0 bridgehead atoms. The van der Waals surface area contributed by atoms with Gasteiger partial charge in [0.15, 0.2) is 0 Å². The maximum absolute atomic E-state index is 12.2. The molecule has 0 aliphatic heterocycles. The Kier molecular flexibility index (Phi) is 3.89. The number of ether oxygens (including phenoxy) is 1. The molecule has 0 fully saturated rings. The van der Waals surface area contributed by atoms with E-state index >= 15 is 0 Å². The van der Waals surface area contributed by atoms with E-state index in [4.69, 9.17) is 5.11 Å². The van der Waals surface area contributed by atoms with Crippen molar-refractivity contribution in [2.75, 3.05) is 0 Å². The highest BCUT2D eigenvalue weighted by atomic mass is 19.4. The number of carbonyl (C=O) groups excluding carboxylic acids is 1. The van der Waals surface area contributed by atoms with Crippen molar-refractivity contribution in [3.05, 3.63) is 12.2 Å². The van der Waals surface area contributed by atoms with Gasteiger partial charge in [0.1, 0.15) is 0 Å². The quantitative estimate of drug-likeness (QED) is 0.585. The normalized spacial score (nSPS) is 12.9. The lowest BCUT2D eigenvalue weighted by atomic mass is 10.1.